The molecule has 0 unspecified atom stereocenters. The van der Waals surface area contributed by atoms with Gasteiger partial charge in [-0.25, -0.2) is 9.18 Å². The third-order valence-corrected chi connectivity index (χ3v) is 4.73. The number of aromatic nitrogens is 1. The van der Waals surface area contributed by atoms with Crippen molar-refractivity contribution in [3.8, 4) is 0 Å². The zero-order valence-corrected chi connectivity index (χ0v) is 14.5. The molecule has 0 atom stereocenters. The van der Waals surface area contributed by atoms with Gasteiger partial charge in [-0.15, -0.1) is 0 Å². The van der Waals surface area contributed by atoms with E-state index < -0.39 is 5.97 Å². The number of ether oxygens (including phenoxy) is 1. The Morgan fingerprint density at radius 1 is 1.23 bits per heavy atom. The Hall–Kier alpha value is -3.08. The molecule has 0 aliphatic carbocycles. The number of carbonyl (C=O) groups excluding carboxylic acids is 1. The molecule has 5 heteroatoms. The van der Waals surface area contributed by atoms with Crippen molar-refractivity contribution >= 4 is 22.4 Å². The topological polar surface area (TPSA) is 45.3 Å². The van der Waals surface area contributed by atoms with Crippen LogP contribution in [0.5, 0.6) is 0 Å². The van der Waals surface area contributed by atoms with Gasteiger partial charge in [0, 0.05) is 30.2 Å². The Labute approximate surface area is 150 Å². The summed E-state index contributed by atoms with van der Waals surface area (Å²) in [5.74, 6) is -0.688. The summed E-state index contributed by atoms with van der Waals surface area (Å²) in [5, 5.41) is 0.816. The van der Waals surface area contributed by atoms with Crippen LogP contribution in [0.4, 0.5) is 4.39 Å². The Bertz CT molecular complexity index is 992. The number of methoxy groups -OCH3 is 1. The third kappa shape index (κ3) is 2.96. The summed E-state index contributed by atoms with van der Waals surface area (Å²) in [6, 6.07) is 14.7. The van der Waals surface area contributed by atoms with E-state index in [1.165, 1.54) is 19.2 Å². The Morgan fingerprint density at radius 2 is 2.04 bits per heavy atom. The molecule has 0 saturated heterocycles. The van der Waals surface area contributed by atoms with Gasteiger partial charge in [0.05, 0.1) is 18.4 Å². The first-order chi connectivity index (χ1) is 12.7. The lowest BCUT2D eigenvalue weighted by Gasteiger charge is -2.19. The lowest BCUT2D eigenvalue weighted by molar-refractivity contribution is -0.133. The van der Waals surface area contributed by atoms with Crippen LogP contribution in [0, 0.1) is 5.82 Å². The molecular weight excluding hydrogens is 331 g/mol. The first kappa shape index (κ1) is 16.4. The maximum Gasteiger partial charge on any atom is 0.341 e. The number of H-pyrrole nitrogens is 1. The largest absolute Gasteiger partial charge is 0.465 e. The van der Waals surface area contributed by atoms with Crippen LogP contribution < -0.4 is 0 Å². The summed E-state index contributed by atoms with van der Waals surface area (Å²) >= 11 is 0. The van der Waals surface area contributed by atoms with E-state index in [0.717, 1.165) is 28.6 Å². The molecule has 3 aromatic rings. The molecule has 1 N–H and O–H groups in total. The molecule has 26 heavy (non-hydrogen) atoms. The summed E-state index contributed by atoms with van der Waals surface area (Å²) in [6.07, 6.45) is 2.55. The number of aromatic amines is 1. The van der Waals surface area contributed by atoms with Gasteiger partial charge in [0.25, 0.3) is 0 Å². The molecule has 0 radical (unpaired) electrons. The van der Waals surface area contributed by atoms with Gasteiger partial charge in [-0.2, -0.15) is 0 Å². The lowest BCUT2D eigenvalue weighted by Crippen LogP contribution is -2.19. The molecule has 1 aliphatic heterocycles. The zero-order chi connectivity index (χ0) is 18.1. The van der Waals surface area contributed by atoms with Gasteiger partial charge >= 0.3 is 5.97 Å². The number of fused-ring (bicyclic) bond motifs is 3. The highest BCUT2D eigenvalue weighted by atomic mass is 19.1. The molecule has 0 spiro atoms. The highest BCUT2D eigenvalue weighted by molar-refractivity contribution is 6.17. The fourth-order valence-electron chi connectivity index (χ4n) is 3.48. The second kappa shape index (κ2) is 6.67. The average Bonchev–Trinajstić information content (AvgIpc) is 2.91. The average molecular weight is 350 g/mol. The van der Waals surface area contributed by atoms with E-state index in [1.54, 1.807) is 6.07 Å². The molecule has 2 heterocycles. The number of rotatable bonds is 3. The number of hydrogen-bond donors (Lipinski definition) is 1. The van der Waals surface area contributed by atoms with E-state index >= 15 is 0 Å². The minimum Gasteiger partial charge on any atom is -0.465 e. The second-order valence-corrected chi connectivity index (χ2v) is 6.41. The number of halogens is 1. The molecular formula is C21H19FN2O2. The van der Waals surface area contributed by atoms with Crippen LogP contribution in [-0.2, 0) is 22.5 Å². The van der Waals surface area contributed by atoms with Gasteiger partial charge in [-0.05, 0) is 35.7 Å². The van der Waals surface area contributed by atoms with Crippen molar-refractivity contribution in [3.63, 3.8) is 0 Å². The molecule has 0 saturated carbocycles. The molecule has 0 amide bonds. The van der Waals surface area contributed by atoms with Gasteiger partial charge in [0.15, 0.2) is 0 Å². The number of nitrogens with one attached hydrogen (secondary N) is 1. The smallest absolute Gasteiger partial charge is 0.341 e. The van der Waals surface area contributed by atoms with Crippen molar-refractivity contribution in [2.45, 2.75) is 13.0 Å². The van der Waals surface area contributed by atoms with Crippen molar-refractivity contribution in [1.29, 1.82) is 0 Å². The first-order valence-corrected chi connectivity index (χ1v) is 8.54. The van der Waals surface area contributed by atoms with Gasteiger partial charge in [0.1, 0.15) is 5.82 Å². The number of hydrogen-bond acceptors (Lipinski definition) is 3. The molecule has 132 valence electrons. The normalized spacial score (nSPS) is 13.9. The van der Waals surface area contributed by atoms with E-state index in [-0.39, 0.29) is 5.82 Å². The number of esters is 1. The molecule has 1 aliphatic rings. The van der Waals surface area contributed by atoms with Gasteiger partial charge in [0.2, 0.25) is 0 Å². The van der Waals surface area contributed by atoms with Crippen LogP contribution in [-0.4, -0.2) is 29.5 Å². The summed E-state index contributed by atoms with van der Waals surface area (Å²) < 4.78 is 18.7. The molecule has 4 nitrogen and oxygen atoms in total. The SMILES string of the molecule is COC(=O)C1=CN(Cc2ccccc2)CCc2c1[nH]c1ccc(F)cc21. The zero-order valence-electron chi connectivity index (χ0n) is 14.5. The lowest BCUT2D eigenvalue weighted by atomic mass is 10.0. The molecule has 0 fully saturated rings. The maximum absolute atomic E-state index is 13.7. The molecule has 1 aromatic heterocycles. The van der Waals surface area contributed by atoms with Crippen LogP contribution in [0.3, 0.4) is 0 Å². The first-order valence-electron chi connectivity index (χ1n) is 8.54. The fraction of sp³-hybridized carbons (Fsp3) is 0.190. The number of nitrogens with zero attached hydrogens (tertiary/aromatic N) is 1. The minimum absolute atomic E-state index is 0.284. The molecule has 2 aromatic carbocycles. The van der Waals surface area contributed by atoms with E-state index in [1.807, 2.05) is 24.4 Å². The summed E-state index contributed by atoms with van der Waals surface area (Å²) in [7, 11) is 1.37. The number of carbonyl (C=O) groups is 1. The Balaban J connectivity index is 1.78. The summed E-state index contributed by atoms with van der Waals surface area (Å²) in [5.41, 5.74) is 4.12. The van der Waals surface area contributed by atoms with E-state index in [9.17, 15) is 9.18 Å². The van der Waals surface area contributed by atoms with Crippen molar-refractivity contribution in [3.05, 3.63) is 77.4 Å². The van der Waals surface area contributed by atoms with Crippen LogP contribution in [0.2, 0.25) is 0 Å². The third-order valence-electron chi connectivity index (χ3n) is 4.73. The van der Waals surface area contributed by atoms with Crippen LogP contribution in [0.15, 0.2) is 54.7 Å². The highest BCUT2D eigenvalue weighted by Gasteiger charge is 2.25. The summed E-state index contributed by atoms with van der Waals surface area (Å²) in [4.78, 5) is 17.8. The van der Waals surface area contributed by atoms with Gasteiger partial charge in [-0.1, -0.05) is 30.3 Å². The quantitative estimate of drug-likeness (QED) is 0.729. The molecule has 0 bridgehead atoms. The van der Waals surface area contributed by atoms with Crippen molar-refractivity contribution in [2.75, 3.05) is 13.7 Å². The predicted molar refractivity (Wildman–Crippen MR) is 98.8 cm³/mol. The minimum atomic E-state index is -0.404. The predicted octanol–water partition coefficient (Wildman–Crippen LogP) is 3.88. The van der Waals surface area contributed by atoms with Crippen LogP contribution in [0.25, 0.3) is 16.5 Å². The monoisotopic (exact) mass is 350 g/mol. The van der Waals surface area contributed by atoms with Crippen molar-refractivity contribution in [2.24, 2.45) is 0 Å². The Kier molecular flexibility index (Phi) is 4.21. The Morgan fingerprint density at radius 3 is 2.81 bits per heavy atom. The number of benzene rings is 2. The van der Waals surface area contributed by atoms with E-state index in [2.05, 4.69) is 22.0 Å². The summed E-state index contributed by atoms with van der Waals surface area (Å²) in [6.45, 7) is 1.42. The van der Waals surface area contributed by atoms with Gasteiger partial charge in [-0.3, -0.25) is 0 Å². The second-order valence-electron chi connectivity index (χ2n) is 6.41. The van der Waals surface area contributed by atoms with Crippen LogP contribution in [0.1, 0.15) is 16.8 Å². The highest BCUT2D eigenvalue weighted by Crippen LogP contribution is 2.32. The fourth-order valence-corrected chi connectivity index (χ4v) is 3.48. The standard InChI is InChI=1S/C21H19FN2O2/c1-26-21(25)18-13-24(12-14-5-3-2-4-6-14)10-9-16-17-11-15(22)7-8-19(17)23-20(16)18/h2-8,11,13,23H,9-10,12H2,1H3. The van der Waals surface area contributed by atoms with Crippen LogP contribution >= 0.6 is 0 Å². The van der Waals surface area contributed by atoms with Crippen molar-refractivity contribution < 1.29 is 13.9 Å². The molecule has 4 rings (SSSR count). The van der Waals surface area contributed by atoms with Crippen molar-refractivity contribution in [1.82, 2.24) is 9.88 Å². The maximum atomic E-state index is 13.7. The van der Waals surface area contributed by atoms with Gasteiger partial charge < -0.3 is 14.6 Å². The van der Waals surface area contributed by atoms with E-state index in [4.69, 9.17) is 4.74 Å². The van der Waals surface area contributed by atoms with E-state index in [0.29, 0.717) is 24.2 Å².